The fraction of sp³-hybridized carbons (Fsp3) is 0.308. The number of rotatable bonds is 4. The summed E-state index contributed by atoms with van der Waals surface area (Å²) in [6.45, 7) is 3.51. The van der Waals surface area contributed by atoms with E-state index < -0.39 is 11.3 Å². The summed E-state index contributed by atoms with van der Waals surface area (Å²) >= 11 is 0.859. The lowest BCUT2D eigenvalue weighted by Gasteiger charge is -2.18. The third kappa shape index (κ3) is 2.62. The Kier molecular flexibility index (Phi) is 3.99. The van der Waals surface area contributed by atoms with Crippen LogP contribution in [0.25, 0.3) is 0 Å². The minimum absolute atomic E-state index is 0.0661. The van der Waals surface area contributed by atoms with Crippen LogP contribution in [0.15, 0.2) is 24.3 Å². The van der Waals surface area contributed by atoms with E-state index in [0.29, 0.717) is 5.69 Å². The molecule has 20 heavy (non-hydrogen) atoms. The molecule has 0 radical (unpaired) electrons. The topological polar surface area (TPSA) is 86.7 Å². The van der Waals surface area contributed by atoms with Crippen LogP contribution in [0.1, 0.15) is 24.2 Å². The SMILES string of the molecule is CC(C)N1C(=O)S[C@H](Nc2ccccc2C(=O)O)C1=O. The highest BCUT2D eigenvalue weighted by atomic mass is 32.2. The monoisotopic (exact) mass is 294 g/mol. The Balaban J connectivity index is 2.22. The third-order valence-electron chi connectivity index (χ3n) is 2.84. The van der Waals surface area contributed by atoms with Gasteiger partial charge >= 0.3 is 5.97 Å². The van der Waals surface area contributed by atoms with Gasteiger partial charge in [-0.15, -0.1) is 0 Å². The van der Waals surface area contributed by atoms with Gasteiger partial charge in [0.05, 0.1) is 5.56 Å². The van der Waals surface area contributed by atoms with Gasteiger partial charge in [-0.3, -0.25) is 14.5 Å². The van der Waals surface area contributed by atoms with Crippen molar-refractivity contribution in [3.8, 4) is 0 Å². The van der Waals surface area contributed by atoms with E-state index >= 15 is 0 Å². The molecule has 1 aliphatic heterocycles. The van der Waals surface area contributed by atoms with Crippen LogP contribution in [0.5, 0.6) is 0 Å². The van der Waals surface area contributed by atoms with Crippen molar-refractivity contribution < 1.29 is 19.5 Å². The van der Waals surface area contributed by atoms with Crippen molar-refractivity contribution in [2.24, 2.45) is 0 Å². The Morgan fingerprint density at radius 3 is 2.55 bits per heavy atom. The Labute approximate surface area is 120 Å². The summed E-state index contributed by atoms with van der Waals surface area (Å²) in [7, 11) is 0. The largest absolute Gasteiger partial charge is 0.478 e. The second-order valence-electron chi connectivity index (χ2n) is 4.56. The number of carbonyl (C=O) groups is 3. The van der Waals surface area contributed by atoms with Crippen LogP contribution in [0.2, 0.25) is 0 Å². The van der Waals surface area contributed by atoms with Crippen molar-refractivity contribution in [2.75, 3.05) is 5.32 Å². The number of hydrogen-bond donors (Lipinski definition) is 2. The van der Waals surface area contributed by atoms with Gasteiger partial charge in [0.1, 0.15) is 0 Å². The van der Waals surface area contributed by atoms with Crippen LogP contribution < -0.4 is 5.32 Å². The average Bonchev–Trinajstić information content (AvgIpc) is 2.64. The summed E-state index contributed by atoms with van der Waals surface area (Å²) in [5, 5.41) is 10.8. The molecule has 7 heteroatoms. The zero-order chi connectivity index (χ0) is 14.9. The highest BCUT2D eigenvalue weighted by Crippen LogP contribution is 2.30. The standard InChI is InChI=1S/C13H14N2O4S/c1-7(2)15-11(16)10(20-13(15)19)14-9-6-4-3-5-8(9)12(17)18/h3-7,10,14H,1-2H3,(H,17,18)/t10-/m0/s1. The molecule has 1 saturated heterocycles. The number of anilines is 1. The maximum absolute atomic E-state index is 12.1. The molecule has 1 aliphatic rings. The zero-order valence-corrected chi connectivity index (χ0v) is 11.8. The Morgan fingerprint density at radius 1 is 1.35 bits per heavy atom. The van der Waals surface area contributed by atoms with Gasteiger partial charge in [-0.25, -0.2) is 4.79 Å². The molecule has 0 aromatic heterocycles. The maximum atomic E-state index is 12.1. The number of amides is 2. The molecule has 1 aromatic carbocycles. The van der Waals surface area contributed by atoms with Gasteiger partial charge in [-0.1, -0.05) is 12.1 Å². The maximum Gasteiger partial charge on any atom is 0.337 e. The average molecular weight is 294 g/mol. The van der Waals surface area contributed by atoms with Gasteiger partial charge in [-0.05, 0) is 37.7 Å². The summed E-state index contributed by atoms with van der Waals surface area (Å²) < 4.78 is 0. The zero-order valence-electron chi connectivity index (χ0n) is 11.0. The number of thioether (sulfide) groups is 1. The molecule has 0 saturated carbocycles. The van der Waals surface area contributed by atoms with Gasteiger partial charge in [0.25, 0.3) is 11.1 Å². The molecule has 2 N–H and O–H groups in total. The third-order valence-corrected chi connectivity index (χ3v) is 3.79. The van der Waals surface area contributed by atoms with Crippen molar-refractivity contribution in [3.63, 3.8) is 0 Å². The number of benzene rings is 1. The number of para-hydroxylation sites is 1. The molecule has 0 unspecified atom stereocenters. The van der Waals surface area contributed by atoms with E-state index in [1.807, 2.05) is 0 Å². The van der Waals surface area contributed by atoms with Gasteiger partial charge in [0, 0.05) is 11.7 Å². The van der Waals surface area contributed by atoms with E-state index in [4.69, 9.17) is 5.11 Å². The van der Waals surface area contributed by atoms with E-state index in [-0.39, 0.29) is 22.8 Å². The fourth-order valence-electron chi connectivity index (χ4n) is 1.92. The van der Waals surface area contributed by atoms with Crippen molar-refractivity contribution in [2.45, 2.75) is 25.3 Å². The molecule has 1 heterocycles. The number of carbonyl (C=O) groups excluding carboxylic acids is 2. The predicted octanol–water partition coefficient (Wildman–Crippen LogP) is 2.23. The summed E-state index contributed by atoms with van der Waals surface area (Å²) in [6, 6.07) is 6.06. The number of hydrogen-bond acceptors (Lipinski definition) is 5. The van der Waals surface area contributed by atoms with Crippen LogP contribution in [-0.4, -0.2) is 38.5 Å². The van der Waals surface area contributed by atoms with Crippen LogP contribution in [0.3, 0.4) is 0 Å². The fourth-order valence-corrected chi connectivity index (χ4v) is 2.93. The van der Waals surface area contributed by atoms with Crippen molar-refractivity contribution >= 4 is 34.6 Å². The van der Waals surface area contributed by atoms with E-state index in [2.05, 4.69) is 5.32 Å². The first kappa shape index (κ1) is 14.4. The van der Waals surface area contributed by atoms with Gasteiger partial charge < -0.3 is 10.4 Å². The highest BCUT2D eigenvalue weighted by Gasteiger charge is 2.41. The molecular weight excluding hydrogens is 280 g/mol. The number of carboxylic acids is 1. The first-order valence-corrected chi connectivity index (χ1v) is 6.92. The van der Waals surface area contributed by atoms with E-state index in [1.54, 1.807) is 32.0 Å². The summed E-state index contributed by atoms with van der Waals surface area (Å²) in [6.07, 6.45) is 0. The van der Waals surface area contributed by atoms with Crippen LogP contribution in [0.4, 0.5) is 10.5 Å². The lowest BCUT2D eigenvalue weighted by molar-refractivity contribution is -0.127. The van der Waals surface area contributed by atoms with Gasteiger partial charge in [0.2, 0.25) is 0 Å². The van der Waals surface area contributed by atoms with Crippen molar-refractivity contribution in [1.29, 1.82) is 0 Å². The number of carboxylic acid groups (broad SMARTS) is 1. The predicted molar refractivity (Wildman–Crippen MR) is 75.8 cm³/mol. The first-order valence-electron chi connectivity index (χ1n) is 6.04. The van der Waals surface area contributed by atoms with Crippen molar-refractivity contribution in [3.05, 3.63) is 29.8 Å². The summed E-state index contributed by atoms with van der Waals surface area (Å²) in [4.78, 5) is 36.2. The van der Waals surface area contributed by atoms with Crippen molar-refractivity contribution in [1.82, 2.24) is 4.90 Å². The Bertz CT molecular complexity index is 573. The molecule has 1 atom stereocenters. The molecule has 2 rings (SSSR count). The minimum Gasteiger partial charge on any atom is -0.478 e. The second kappa shape index (κ2) is 5.54. The minimum atomic E-state index is -1.09. The second-order valence-corrected chi connectivity index (χ2v) is 5.62. The number of nitrogens with zero attached hydrogens (tertiary/aromatic N) is 1. The van der Waals surface area contributed by atoms with Crippen LogP contribution in [0, 0.1) is 0 Å². The van der Waals surface area contributed by atoms with E-state index in [9.17, 15) is 14.4 Å². The number of imide groups is 1. The van der Waals surface area contributed by atoms with Gasteiger partial charge in [-0.2, -0.15) is 0 Å². The molecule has 1 fully saturated rings. The van der Waals surface area contributed by atoms with E-state index in [1.165, 1.54) is 11.0 Å². The molecule has 106 valence electrons. The first-order chi connectivity index (χ1) is 9.41. The van der Waals surface area contributed by atoms with E-state index in [0.717, 1.165) is 11.8 Å². The summed E-state index contributed by atoms with van der Waals surface area (Å²) in [5.41, 5.74) is 0.389. The molecular formula is C13H14N2O4S. The normalized spacial score (nSPS) is 18.8. The molecule has 0 aliphatic carbocycles. The number of nitrogens with one attached hydrogen (secondary N) is 1. The Morgan fingerprint density at radius 2 is 2.00 bits per heavy atom. The van der Waals surface area contributed by atoms with Crippen LogP contribution >= 0.6 is 11.8 Å². The Hall–Kier alpha value is -2.02. The highest BCUT2D eigenvalue weighted by molar-refractivity contribution is 8.15. The van der Waals surface area contributed by atoms with Crippen LogP contribution in [-0.2, 0) is 4.79 Å². The lowest BCUT2D eigenvalue weighted by Crippen LogP contribution is -2.39. The molecule has 0 spiro atoms. The smallest absolute Gasteiger partial charge is 0.337 e. The molecule has 6 nitrogen and oxygen atoms in total. The molecule has 1 aromatic rings. The number of aromatic carboxylic acids is 1. The molecule has 0 bridgehead atoms. The van der Waals surface area contributed by atoms with Gasteiger partial charge in [0.15, 0.2) is 5.37 Å². The quantitative estimate of drug-likeness (QED) is 0.885. The molecule has 2 amide bonds. The lowest BCUT2D eigenvalue weighted by atomic mass is 10.2. The summed E-state index contributed by atoms with van der Waals surface area (Å²) in [5.74, 6) is -1.44.